The van der Waals surface area contributed by atoms with Gasteiger partial charge in [-0.05, 0) is 60.9 Å². The SMILES string of the molecule is CCOCCC/N=C/c1ccc(OCc2ccc(Cl)c(C(F)(F)F)c2)cc1. The lowest BCUT2D eigenvalue weighted by molar-refractivity contribution is -0.137. The van der Waals surface area contributed by atoms with E-state index >= 15 is 0 Å². The highest BCUT2D eigenvalue weighted by atomic mass is 35.5. The van der Waals surface area contributed by atoms with E-state index in [1.807, 2.05) is 19.1 Å². The van der Waals surface area contributed by atoms with Crippen LogP contribution in [0.4, 0.5) is 13.2 Å². The highest BCUT2D eigenvalue weighted by molar-refractivity contribution is 6.31. The topological polar surface area (TPSA) is 30.8 Å². The summed E-state index contributed by atoms with van der Waals surface area (Å²) >= 11 is 5.61. The van der Waals surface area contributed by atoms with Crippen molar-refractivity contribution in [1.29, 1.82) is 0 Å². The maximum absolute atomic E-state index is 12.9. The van der Waals surface area contributed by atoms with Gasteiger partial charge in [0.1, 0.15) is 12.4 Å². The Labute approximate surface area is 161 Å². The van der Waals surface area contributed by atoms with Crippen LogP contribution in [0.15, 0.2) is 47.5 Å². The standard InChI is InChI=1S/C20H21ClF3NO2/c1-2-26-11-3-10-25-13-15-4-7-17(8-5-15)27-14-16-6-9-19(21)18(12-16)20(22,23)24/h4-9,12-13H,2-3,10-11,14H2,1H3/b25-13+. The van der Waals surface area contributed by atoms with Crippen LogP contribution in [0, 0.1) is 0 Å². The summed E-state index contributed by atoms with van der Waals surface area (Å²) in [5, 5.41) is -0.323. The molecule has 0 saturated heterocycles. The van der Waals surface area contributed by atoms with Gasteiger partial charge in [0, 0.05) is 26.0 Å². The molecule has 0 radical (unpaired) electrons. The summed E-state index contributed by atoms with van der Waals surface area (Å²) in [5.74, 6) is 0.562. The lowest BCUT2D eigenvalue weighted by Crippen LogP contribution is -2.07. The van der Waals surface area contributed by atoms with Crippen molar-refractivity contribution in [2.24, 2.45) is 4.99 Å². The Morgan fingerprint density at radius 2 is 1.85 bits per heavy atom. The molecule has 7 heteroatoms. The van der Waals surface area contributed by atoms with E-state index in [4.69, 9.17) is 21.1 Å². The smallest absolute Gasteiger partial charge is 0.417 e. The molecule has 27 heavy (non-hydrogen) atoms. The quantitative estimate of drug-likeness (QED) is 0.395. The number of benzene rings is 2. The third-order valence-corrected chi connectivity index (χ3v) is 3.97. The Hall–Kier alpha value is -2.05. The van der Waals surface area contributed by atoms with E-state index in [9.17, 15) is 13.2 Å². The summed E-state index contributed by atoms with van der Waals surface area (Å²) in [5.41, 5.74) is 0.456. The van der Waals surface area contributed by atoms with Crippen molar-refractivity contribution in [3.05, 3.63) is 64.2 Å². The predicted molar refractivity (Wildman–Crippen MR) is 101 cm³/mol. The molecule has 2 rings (SSSR count). The van der Waals surface area contributed by atoms with E-state index in [0.29, 0.717) is 31.1 Å². The molecule has 0 N–H and O–H groups in total. The summed E-state index contributed by atoms with van der Waals surface area (Å²) in [6, 6.07) is 10.9. The van der Waals surface area contributed by atoms with Gasteiger partial charge in [-0.1, -0.05) is 17.7 Å². The third-order valence-electron chi connectivity index (χ3n) is 3.64. The Balaban J connectivity index is 1.87. The van der Waals surface area contributed by atoms with E-state index in [-0.39, 0.29) is 11.6 Å². The lowest BCUT2D eigenvalue weighted by atomic mass is 10.1. The van der Waals surface area contributed by atoms with Gasteiger partial charge in [0.2, 0.25) is 0 Å². The fourth-order valence-corrected chi connectivity index (χ4v) is 2.49. The molecule has 0 unspecified atom stereocenters. The largest absolute Gasteiger partial charge is 0.489 e. The molecular weight excluding hydrogens is 379 g/mol. The van der Waals surface area contributed by atoms with Crippen molar-refractivity contribution < 1.29 is 22.6 Å². The van der Waals surface area contributed by atoms with Crippen LogP contribution in [0.25, 0.3) is 0 Å². The van der Waals surface area contributed by atoms with Crippen molar-refractivity contribution >= 4 is 17.8 Å². The van der Waals surface area contributed by atoms with Crippen molar-refractivity contribution in [3.63, 3.8) is 0 Å². The number of aliphatic imine (C=N–C) groups is 1. The van der Waals surface area contributed by atoms with Crippen molar-refractivity contribution in [2.45, 2.75) is 26.1 Å². The van der Waals surface area contributed by atoms with Gasteiger partial charge in [0.05, 0.1) is 10.6 Å². The van der Waals surface area contributed by atoms with Gasteiger partial charge >= 0.3 is 6.18 Å². The number of hydrogen-bond acceptors (Lipinski definition) is 3. The molecule has 0 aliphatic rings. The summed E-state index contributed by atoms with van der Waals surface area (Å²) in [6.07, 6.45) is -1.85. The third kappa shape index (κ3) is 7.23. The minimum atomic E-state index is -4.49. The Kier molecular flexibility index (Phi) is 8.13. The monoisotopic (exact) mass is 399 g/mol. The number of halogens is 4. The summed E-state index contributed by atoms with van der Waals surface area (Å²) in [4.78, 5) is 4.31. The molecule has 2 aromatic carbocycles. The van der Waals surface area contributed by atoms with E-state index < -0.39 is 11.7 Å². The molecule has 0 spiro atoms. The van der Waals surface area contributed by atoms with Gasteiger partial charge in [-0.3, -0.25) is 4.99 Å². The highest BCUT2D eigenvalue weighted by Gasteiger charge is 2.33. The van der Waals surface area contributed by atoms with Crippen LogP contribution in [-0.2, 0) is 17.5 Å². The predicted octanol–water partition coefficient (Wildman–Crippen LogP) is 5.78. The summed E-state index contributed by atoms with van der Waals surface area (Å²) in [7, 11) is 0. The molecule has 0 aliphatic heterocycles. The first-order valence-electron chi connectivity index (χ1n) is 8.56. The fourth-order valence-electron chi connectivity index (χ4n) is 2.27. The normalized spacial score (nSPS) is 11.9. The van der Waals surface area contributed by atoms with Crippen LogP contribution in [-0.4, -0.2) is 26.0 Å². The first kappa shape index (κ1) is 21.3. The lowest BCUT2D eigenvalue weighted by Gasteiger charge is -2.12. The first-order chi connectivity index (χ1) is 12.9. The van der Waals surface area contributed by atoms with Crippen molar-refractivity contribution in [1.82, 2.24) is 0 Å². The molecular formula is C20H21ClF3NO2. The molecule has 2 aromatic rings. The molecule has 0 atom stereocenters. The van der Waals surface area contributed by atoms with Crippen molar-refractivity contribution in [3.8, 4) is 5.75 Å². The Morgan fingerprint density at radius 1 is 1.11 bits per heavy atom. The molecule has 0 heterocycles. The first-order valence-corrected chi connectivity index (χ1v) is 8.94. The van der Waals surface area contributed by atoms with Gasteiger partial charge in [-0.2, -0.15) is 13.2 Å². The Bertz CT molecular complexity index is 746. The maximum Gasteiger partial charge on any atom is 0.417 e. The minimum Gasteiger partial charge on any atom is -0.489 e. The van der Waals surface area contributed by atoms with Crippen LogP contribution in [0.1, 0.15) is 30.0 Å². The summed E-state index contributed by atoms with van der Waals surface area (Å²) in [6.45, 7) is 4.07. The average molecular weight is 400 g/mol. The second kappa shape index (κ2) is 10.3. The number of alkyl halides is 3. The zero-order valence-corrected chi connectivity index (χ0v) is 15.7. The fraction of sp³-hybridized carbons (Fsp3) is 0.350. The number of hydrogen-bond donors (Lipinski definition) is 0. The molecule has 0 amide bonds. The van der Waals surface area contributed by atoms with Crippen molar-refractivity contribution in [2.75, 3.05) is 19.8 Å². The molecule has 0 aromatic heterocycles. The van der Waals surface area contributed by atoms with Gasteiger partial charge in [-0.15, -0.1) is 0 Å². The van der Waals surface area contributed by atoms with Crippen LogP contribution < -0.4 is 4.74 Å². The maximum atomic E-state index is 12.9. The van der Waals surface area contributed by atoms with Gasteiger partial charge < -0.3 is 9.47 Å². The van der Waals surface area contributed by atoms with E-state index in [1.54, 1.807) is 18.3 Å². The van der Waals surface area contributed by atoms with E-state index in [1.165, 1.54) is 12.1 Å². The molecule has 3 nitrogen and oxygen atoms in total. The van der Waals surface area contributed by atoms with Crippen LogP contribution in [0.5, 0.6) is 5.75 Å². The second-order valence-electron chi connectivity index (χ2n) is 5.76. The van der Waals surface area contributed by atoms with Gasteiger partial charge in [0.25, 0.3) is 0 Å². The zero-order valence-electron chi connectivity index (χ0n) is 14.9. The Morgan fingerprint density at radius 3 is 2.52 bits per heavy atom. The molecule has 0 bridgehead atoms. The van der Waals surface area contributed by atoms with E-state index in [0.717, 1.165) is 18.1 Å². The van der Waals surface area contributed by atoms with Gasteiger partial charge in [-0.25, -0.2) is 0 Å². The number of ether oxygens (including phenoxy) is 2. The molecule has 0 fully saturated rings. The molecule has 146 valence electrons. The van der Waals surface area contributed by atoms with E-state index in [2.05, 4.69) is 4.99 Å². The highest BCUT2D eigenvalue weighted by Crippen LogP contribution is 2.35. The zero-order chi connectivity index (χ0) is 19.7. The number of nitrogens with zero attached hydrogens (tertiary/aromatic N) is 1. The van der Waals surface area contributed by atoms with Gasteiger partial charge in [0.15, 0.2) is 0 Å². The minimum absolute atomic E-state index is 0.0190. The average Bonchev–Trinajstić information content (AvgIpc) is 2.64. The molecule has 0 aliphatic carbocycles. The van der Waals surface area contributed by atoms with Crippen LogP contribution in [0.2, 0.25) is 5.02 Å². The number of rotatable bonds is 9. The van der Waals surface area contributed by atoms with Crippen LogP contribution in [0.3, 0.4) is 0 Å². The molecule has 0 saturated carbocycles. The van der Waals surface area contributed by atoms with Crippen LogP contribution >= 0.6 is 11.6 Å². The summed E-state index contributed by atoms with van der Waals surface area (Å²) < 4.78 is 49.4. The second-order valence-corrected chi connectivity index (χ2v) is 6.16.